The van der Waals surface area contributed by atoms with Gasteiger partial charge in [-0.2, -0.15) is 0 Å². The van der Waals surface area contributed by atoms with Gasteiger partial charge in [-0.15, -0.1) is 0 Å². The molecule has 4 aromatic carbocycles. The van der Waals surface area contributed by atoms with Crippen molar-refractivity contribution < 1.29 is 4.79 Å². The van der Waals surface area contributed by atoms with Crippen LogP contribution in [0.5, 0.6) is 0 Å². The molecule has 0 saturated carbocycles. The summed E-state index contributed by atoms with van der Waals surface area (Å²) in [7, 11) is 0. The fraction of sp³-hybridized carbons (Fsp3) is 0. The Hall–Kier alpha value is -3.91. The Balaban J connectivity index is 1.59. The normalized spacial score (nSPS) is 10.8. The van der Waals surface area contributed by atoms with Gasteiger partial charge in [0, 0.05) is 22.6 Å². The van der Waals surface area contributed by atoms with Crippen LogP contribution in [0.4, 0.5) is 17.1 Å². The average Bonchev–Trinajstić information content (AvgIpc) is 2.80. The summed E-state index contributed by atoms with van der Waals surface area (Å²) in [5.74, 6) is 0.00451. The minimum absolute atomic E-state index is 0.00451. The van der Waals surface area contributed by atoms with Gasteiger partial charge < -0.3 is 4.90 Å². The van der Waals surface area contributed by atoms with Gasteiger partial charge in [-0.3, -0.25) is 4.79 Å². The number of allylic oxidation sites excluding steroid dienone is 1. The van der Waals surface area contributed by atoms with E-state index in [1.54, 1.807) is 6.08 Å². The minimum Gasteiger partial charge on any atom is -0.311 e. The van der Waals surface area contributed by atoms with Gasteiger partial charge in [-0.25, -0.2) is 0 Å². The second kappa shape index (κ2) is 8.85. The topological polar surface area (TPSA) is 20.3 Å². The maximum atomic E-state index is 12.3. The molecule has 4 aromatic rings. The maximum Gasteiger partial charge on any atom is 0.185 e. The van der Waals surface area contributed by atoms with Crippen LogP contribution in [0, 0.1) is 0 Å². The van der Waals surface area contributed by atoms with Gasteiger partial charge in [0.1, 0.15) is 0 Å². The summed E-state index contributed by atoms with van der Waals surface area (Å²) in [5, 5.41) is 0. The number of ketones is 1. The van der Waals surface area contributed by atoms with E-state index in [-0.39, 0.29) is 5.78 Å². The average molecular weight is 375 g/mol. The first-order valence-electron chi connectivity index (χ1n) is 9.59. The Morgan fingerprint density at radius 2 is 1.00 bits per heavy atom. The molecule has 0 N–H and O–H groups in total. The zero-order valence-electron chi connectivity index (χ0n) is 16.0. The zero-order chi connectivity index (χ0) is 19.9. The van der Waals surface area contributed by atoms with Crippen LogP contribution in [0.15, 0.2) is 121 Å². The lowest BCUT2D eigenvalue weighted by Crippen LogP contribution is -2.09. The van der Waals surface area contributed by atoms with Gasteiger partial charge in [0.05, 0.1) is 0 Å². The highest BCUT2D eigenvalue weighted by Gasteiger charge is 2.11. The largest absolute Gasteiger partial charge is 0.311 e. The lowest BCUT2D eigenvalue weighted by atomic mass is 10.1. The molecule has 4 rings (SSSR count). The van der Waals surface area contributed by atoms with Crippen molar-refractivity contribution in [1.82, 2.24) is 0 Å². The van der Waals surface area contributed by atoms with Crippen molar-refractivity contribution in [2.45, 2.75) is 0 Å². The van der Waals surface area contributed by atoms with Crippen molar-refractivity contribution in [2.24, 2.45) is 0 Å². The van der Waals surface area contributed by atoms with Gasteiger partial charge in [-0.05, 0) is 48.0 Å². The fourth-order valence-electron chi connectivity index (χ4n) is 3.21. The number of carbonyl (C=O) groups excluding carboxylic acids is 1. The molecule has 0 saturated heterocycles. The van der Waals surface area contributed by atoms with Crippen molar-refractivity contribution >= 4 is 28.9 Å². The molecular formula is C27H21NO. The molecule has 0 aliphatic heterocycles. The molecular weight excluding hydrogens is 354 g/mol. The van der Waals surface area contributed by atoms with Crippen LogP contribution in [-0.2, 0) is 0 Å². The highest BCUT2D eigenvalue weighted by Crippen LogP contribution is 2.34. The molecule has 0 radical (unpaired) electrons. The third-order valence-electron chi connectivity index (χ3n) is 4.67. The van der Waals surface area contributed by atoms with Gasteiger partial charge in [-0.1, -0.05) is 84.9 Å². The molecule has 0 spiro atoms. The number of hydrogen-bond acceptors (Lipinski definition) is 2. The first-order chi connectivity index (χ1) is 14.3. The van der Waals surface area contributed by atoms with Gasteiger partial charge in [0.15, 0.2) is 5.78 Å². The third kappa shape index (κ3) is 4.50. The molecule has 0 fully saturated rings. The van der Waals surface area contributed by atoms with E-state index < -0.39 is 0 Å². The number of benzene rings is 4. The van der Waals surface area contributed by atoms with Crippen LogP contribution < -0.4 is 4.90 Å². The summed E-state index contributed by atoms with van der Waals surface area (Å²) in [6, 6.07) is 38.1. The Labute approximate surface area is 171 Å². The molecule has 0 heterocycles. The highest BCUT2D eigenvalue weighted by molar-refractivity contribution is 6.06. The van der Waals surface area contributed by atoms with Gasteiger partial charge in [0.25, 0.3) is 0 Å². The minimum atomic E-state index is 0.00451. The van der Waals surface area contributed by atoms with Crippen LogP contribution in [0.1, 0.15) is 15.9 Å². The molecule has 2 nitrogen and oxygen atoms in total. The van der Waals surface area contributed by atoms with Crippen molar-refractivity contribution in [3.8, 4) is 0 Å². The summed E-state index contributed by atoms with van der Waals surface area (Å²) in [6.45, 7) is 0. The van der Waals surface area contributed by atoms with Crippen LogP contribution in [0.25, 0.3) is 6.08 Å². The molecule has 0 aromatic heterocycles. The van der Waals surface area contributed by atoms with Crippen LogP contribution >= 0.6 is 0 Å². The van der Waals surface area contributed by atoms with Crippen molar-refractivity contribution in [3.63, 3.8) is 0 Å². The second-order valence-electron chi connectivity index (χ2n) is 6.66. The van der Waals surface area contributed by atoms with Crippen LogP contribution in [0.3, 0.4) is 0 Å². The van der Waals surface area contributed by atoms with Gasteiger partial charge >= 0.3 is 0 Å². The van der Waals surface area contributed by atoms with Crippen molar-refractivity contribution in [1.29, 1.82) is 0 Å². The van der Waals surface area contributed by atoms with E-state index in [4.69, 9.17) is 0 Å². The van der Waals surface area contributed by atoms with E-state index in [1.165, 1.54) is 0 Å². The SMILES string of the molecule is O=C(C=Cc1ccc(N(c2ccccc2)c2ccccc2)cc1)c1ccccc1. The Kier molecular flexibility index (Phi) is 5.63. The molecule has 29 heavy (non-hydrogen) atoms. The van der Waals surface area contributed by atoms with Crippen molar-refractivity contribution in [3.05, 3.63) is 132 Å². The molecule has 0 bridgehead atoms. The van der Waals surface area contributed by atoms with E-state index in [1.807, 2.05) is 84.9 Å². The predicted octanol–water partition coefficient (Wildman–Crippen LogP) is 7.05. The third-order valence-corrected chi connectivity index (χ3v) is 4.67. The summed E-state index contributed by atoms with van der Waals surface area (Å²) in [4.78, 5) is 14.5. The van der Waals surface area contributed by atoms with E-state index in [0.717, 1.165) is 22.6 Å². The molecule has 140 valence electrons. The predicted molar refractivity (Wildman–Crippen MR) is 121 cm³/mol. The number of hydrogen-bond donors (Lipinski definition) is 0. The lowest BCUT2D eigenvalue weighted by Gasteiger charge is -2.25. The monoisotopic (exact) mass is 375 g/mol. The number of nitrogens with zero attached hydrogens (tertiary/aromatic N) is 1. The smallest absolute Gasteiger partial charge is 0.185 e. The highest BCUT2D eigenvalue weighted by atomic mass is 16.1. The first-order valence-corrected chi connectivity index (χ1v) is 9.59. The summed E-state index contributed by atoms with van der Waals surface area (Å²) in [5.41, 5.74) is 4.94. The molecule has 0 aliphatic rings. The van der Waals surface area contributed by atoms with Crippen LogP contribution in [-0.4, -0.2) is 5.78 Å². The molecule has 0 aliphatic carbocycles. The number of para-hydroxylation sites is 2. The number of anilines is 3. The molecule has 2 heteroatoms. The van der Waals surface area contributed by atoms with Crippen LogP contribution in [0.2, 0.25) is 0 Å². The zero-order valence-corrected chi connectivity index (χ0v) is 16.0. The van der Waals surface area contributed by atoms with E-state index in [2.05, 4.69) is 41.3 Å². The second-order valence-corrected chi connectivity index (χ2v) is 6.66. The maximum absolute atomic E-state index is 12.3. The lowest BCUT2D eigenvalue weighted by molar-refractivity contribution is 0.104. The molecule has 0 unspecified atom stereocenters. The Morgan fingerprint density at radius 3 is 1.52 bits per heavy atom. The Morgan fingerprint density at radius 1 is 0.552 bits per heavy atom. The standard InChI is InChI=1S/C27H21NO/c29-27(23-10-4-1-5-11-23)21-18-22-16-19-26(20-17-22)28(24-12-6-2-7-13-24)25-14-8-3-9-15-25/h1-21H. The fourth-order valence-corrected chi connectivity index (χ4v) is 3.21. The number of rotatable bonds is 6. The quantitative estimate of drug-likeness (QED) is 0.266. The van der Waals surface area contributed by atoms with Gasteiger partial charge in [0.2, 0.25) is 0 Å². The molecule has 0 amide bonds. The summed E-state index contributed by atoms with van der Waals surface area (Å²) >= 11 is 0. The molecule has 0 atom stereocenters. The Bertz CT molecular complexity index is 1050. The van der Waals surface area contributed by atoms with E-state index >= 15 is 0 Å². The summed E-state index contributed by atoms with van der Waals surface area (Å²) < 4.78 is 0. The summed E-state index contributed by atoms with van der Waals surface area (Å²) in [6.07, 6.45) is 3.48. The number of carbonyl (C=O) groups is 1. The van der Waals surface area contributed by atoms with E-state index in [0.29, 0.717) is 5.56 Å². The van der Waals surface area contributed by atoms with Crippen molar-refractivity contribution in [2.75, 3.05) is 4.90 Å². The first kappa shape index (κ1) is 18.5. The van der Waals surface area contributed by atoms with E-state index in [9.17, 15) is 4.79 Å².